The van der Waals surface area contributed by atoms with Gasteiger partial charge in [0.05, 0.1) is 6.61 Å². The van der Waals surface area contributed by atoms with Gasteiger partial charge in [-0.05, 0) is 65.1 Å². The van der Waals surface area contributed by atoms with Crippen LogP contribution in [0.15, 0.2) is 121 Å². The zero-order valence-corrected chi connectivity index (χ0v) is 23.9. The van der Waals surface area contributed by atoms with E-state index in [0.29, 0.717) is 43.2 Å². The van der Waals surface area contributed by atoms with Crippen molar-refractivity contribution in [2.45, 2.75) is 30.9 Å². The lowest BCUT2D eigenvalue weighted by Gasteiger charge is -2.30. The highest BCUT2D eigenvalue weighted by molar-refractivity contribution is 6.01. The Morgan fingerprint density at radius 1 is 0.953 bits per heavy atom. The highest BCUT2D eigenvalue weighted by Gasteiger charge is 2.52. The van der Waals surface area contributed by atoms with Crippen LogP contribution in [0.1, 0.15) is 35.6 Å². The van der Waals surface area contributed by atoms with Crippen LogP contribution in [0, 0.1) is 5.82 Å². The SMILES string of the molecule is C=CC[C@@]1(C(=O)NCCc2ccc(F)cc2)N=C(c2ccc(OCCCO)cc2)O[C@@H]1c1ccc(-c2ccccc2)cc1. The van der Waals surface area contributed by atoms with Gasteiger partial charge in [-0.15, -0.1) is 6.58 Å². The number of carbonyl (C=O) groups excluding carboxylic acids is 1. The number of ether oxygens (including phenoxy) is 2. The first kappa shape index (κ1) is 29.7. The monoisotopic (exact) mass is 578 g/mol. The Kier molecular flexibility index (Phi) is 9.64. The Balaban J connectivity index is 1.43. The van der Waals surface area contributed by atoms with Crippen molar-refractivity contribution < 1.29 is 23.8 Å². The number of amides is 1. The van der Waals surface area contributed by atoms with Crippen molar-refractivity contribution in [3.8, 4) is 16.9 Å². The van der Waals surface area contributed by atoms with E-state index in [0.717, 1.165) is 22.3 Å². The van der Waals surface area contributed by atoms with Crippen LogP contribution in [0.5, 0.6) is 5.75 Å². The van der Waals surface area contributed by atoms with E-state index < -0.39 is 11.6 Å². The van der Waals surface area contributed by atoms with Crippen LogP contribution in [-0.2, 0) is 16.0 Å². The molecule has 0 aromatic heterocycles. The van der Waals surface area contributed by atoms with Crippen molar-refractivity contribution in [2.75, 3.05) is 19.8 Å². The standard InChI is InChI=1S/C36H35FN2O4/c1-2-22-36(35(41)38-23-21-26-9-17-31(37)18-10-26)33(29-13-11-28(12-14-29)27-7-4-3-5-8-27)43-34(39-36)30-15-19-32(20-16-30)42-25-6-24-40/h2-5,7-20,33,40H,1,6,21-25H2,(H,38,41)/t33-,36-/m1/s1. The molecule has 4 aromatic carbocycles. The highest BCUT2D eigenvalue weighted by atomic mass is 19.1. The van der Waals surface area contributed by atoms with E-state index in [1.165, 1.54) is 12.1 Å². The predicted octanol–water partition coefficient (Wildman–Crippen LogP) is 6.45. The molecule has 0 fully saturated rings. The molecule has 4 aromatic rings. The van der Waals surface area contributed by atoms with Crippen LogP contribution >= 0.6 is 0 Å². The second-order valence-electron chi connectivity index (χ2n) is 10.4. The topological polar surface area (TPSA) is 80.2 Å². The molecular formula is C36H35FN2O4. The smallest absolute Gasteiger partial charge is 0.252 e. The fourth-order valence-electron chi connectivity index (χ4n) is 5.14. The minimum Gasteiger partial charge on any atom is -0.494 e. The average molecular weight is 579 g/mol. The molecule has 2 atom stereocenters. The molecule has 220 valence electrons. The molecule has 1 heterocycles. The van der Waals surface area contributed by atoms with Crippen LogP contribution in [0.3, 0.4) is 0 Å². The van der Waals surface area contributed by atoms with Gasteiger partial charge in [-0.25, -0.2) is 9.38 Å². The van der Waals surface area contributed by atoms with E-state index in [1.807, 2.05) is 66.7 Å². The Hall–Kier alpha value is -4.75. The largest absolute Gasteiger partial charge is 0.494 e. The quantitative estimate of drug-likeness (QED) is 0.141. The minimum atomic E-state index is -1.29. The van der Waals surface area contributed by atoms with E-state index in [2.05, 4.69) is 24.0 Å². The highest BCUT2D eigenvalue weighted by Crippen LogP contribution is 2.43. The number of nitrogens with one attached hydrogen (secondary N) is 1. The van der Waals surface area contributed by atoms with Gasteiger partial charge in [0.2, 0.25) is 5.90 Å². The molecule has 0 spiro atoms. The molecule has 1 aliphatic heterocycles. The van der Waals surface area contributed by atoms with Gasteiger partial charge in [0.15, 0.2) is 11.6 Å². The Morgan fingerprint density at radius 3 is 2.30 bits per heavy atom. The fraction of sp³-hybridized carbons (Fsp3) is 0.222. The van der Waals surface area contributed by atoms with Crippen molar-refractivity contribution in [1.29, 1.82) is 0 Å². The average Bonchev–Trinajstić information content (AvgIpc) is 3.43. The van der Waals surface area contributed by atoms with Crippen LogP contribution in [0.2, 0.25) is 0 Å². The van der Waals surface area contributed by atoms with Crippen molar-refractivity contribution in [2.24, 2.45) is 4.99 Å². The molecule has 0 radical (unpaired) electrons. The molecular weight excluding hydrogens is 543 g/mol. The Morgan fingerprint density at radius 2 is 1.63 bits per heavy atom. The summed E-state index contributed by atoms with van der Waals surface area (Å²) in [6.07, 6.45) is 2.34. The van der Waals surface area contributed by atoms with Gasteiger partial charge < -0.3 is 19.9 Å². The van der Waals surface area contributed by atoms with Crippen LogP contribution in [-0.4, -0.2) is 42.2 Å². The number of hydrogen-bond donors (Lipinski definition) is 2. The second-order valence-corrected chi connectivity index (χ2v) is 10.4. The lowest BCUT2D eigenvalue weighted by molar-refractivity contribution is -0.128. The third kappa shape index (κ3) is 7.01. The maximum Gasteiger partial charge on any atom is 0.252 e. The fourth-order valence-corrected chi connectivity index (χ4v) is 5.14. The predicted molar refractivity (Wildman–Crippen MR) is 167 cm³/mol. The summed E-state index contributed by atoms with van der Waals surface area (Å²) in [5.41, 5.74) is 3.31. The van der Waals surface area contributed by atoms with E-state index in [9.17, 15) is 9.18 Å². The van der Waals surface area contributed by atoms with E-state index in [1.54, 1.807) is 18.2 Å². The Bertz CT molecular complexity index is 1540. The summed E-state index contributed by atoms with van der Waals surface area (Å²) >= 11 is 0. The Labute approximate surface area is 251 Å². The van der Waals surface area contributed by atoms with Gasteiger partial charge in [-0.1, -0.05) is 72.8 Å². The number of rotatable bonds is 13. The van der Waals surface area contributed by atoms with E-state index in [-0.39, 0.29) is 24.8 Å². The van der Waals surface area contributed by atoms with Gasteiger partial charge in [-0.2, -0.15) is 0 Å². The number of carbonyl (C=O) groups is 1. The summed E-state index contributed by atoms with van der Waals surface area (Å²) in [4.78, 5) is 19.0. The first-order chi connectivity index (χ1) is 21.0. The number of aliphatic hydroxyl groups excluding tert-OH is 1. The zero-order chi connectivity index (χ0) is 30.1. The summed E-state index contributed by atoms with van der Waals surface area (Å²) in [7, 11) is 0. The van der Waals surface area contributed by atoms with Gasteiger partial charge in [-0.3, -0.25) is 4.79 Å². The molecule has 0 aliphatic carbocycles. The van der Waals surface area contributed by atoms with Crippen molar-refractivity contribution in [3.63, 3.8) is 0 Å². The first-order valence-corrected chi connectivity index (χ1v) is 14.4. The molecule has 1 aliphatic rings. The molecule has 1 amide bonds. The summed E-state index contributed by atoms with van der Waals surface area (Å²) < 4.78 is 25.5. The lowest BCUT2D eigenvalue weighted by atomic mass is 9.84. The minimum absolute atomic E-state index is 0.0633. The van der Waals surface area contributed by atoms with Crippen LogP contribution in [0.4, 0.5) is 4.39 Å². The first-order valence-electron chi connectivity index (χ1n) is 14.4. The van der Waals surface area contributed by atoms with Gasteiger partial charge >= 0.3 is 0 Å². The summed E-state index contributed by atoms with van der Waals surface area (Å²) in [6, 6.07) is 31.7. The van der Waals surface area contributed by atoms with Crippen molar-refractivity contribution in [3.05, 3.63) is 138 Å². The third-order valence-electron chi connectivity index (χ3n) is 7.42. The third-order valence-corrected chi connectivity index (χ3v) is 7.42. The molecule has 0 bridgehead atoms. The molecule has 43 heavy (non-hydrogen) atoms. The number of benzene rings is 4. The maximum absolute atomic E-state index is 14.0. The number of halogens is 1. The van der Waals surface area contributed by atoms with Crippen LogP contribution < -0.4 is 10.1 Å². The summed E-state index contributed by atoms with van der Waals surface area (Å²) in [6.45, 7) is 4.77. The molecule has 6 nitrogen and oxygen atoms in total. The zero-order valence-electron chi connectivity index (χ0n) is 23.9. The number of aliphatic imine (C=N–C) groups is 1. The normalized spacial score (nSPS) is 17.5. The van der Waals surface area contributed by atoms with Crippen LogP contribution in [0.25, 0.3) is 11.1 Å². The number of nitrogens with zero attached hydrogens (tertiary/aromatic N) is 1. The van der Waals surface area contributed by atoms with Crippen molar-refractivity contribution in [1.82, 2.24) is 5.32 Å². The molecule has 0 saturated heterocycles. The van der Waals surface area contributed by atoms with E-state index in [4.69, 9.17) is 19.6 Å². The van der Waals surface area contributed by atoms with Gasteiger partial charge in [0.25, 0.3) is 5.91 Å². The second kappa shape index (κ2) is 13.9. The molecule has 0 saturated carbocycles. The number of hydrogen-bond acceptors (Lipinski definition) is 5. The summed E-state index contributed by atoms with van der Waals surface area (Å²) in [5, 5.41) is 12.1. The maximum atomic E-state index is 14.0. The van der Waals surface area contributed by atoms with E-state index >= 15 is 0 Å². The molecule has 0 unspecified atom stereocenters. The van der Waals surface area contributed by atoms with Gasteiger partial charge in [0, 0.05) is 31.6 Å². The lowest BCUT2D eigenvalue weighted by Crippen LogP contribution is -2.48. The summed E-state index contributed by atoms with van der Waals surface area (Å²) in [5.74, 6) is 0.452. The van der Waals surface area contributed by atoms with Gasteiger partial charge in [0.1, 0.15) is 11.6 Å². The molecule has 5 rings (SSSR count). The van der Waals surface area contributed by atoms with Crippen molar-refractivity contribution >= 4 is 11.8 Å². The molecule has 2 N–H and O–H groups in total. The molecule has 7 heteroatoms. The number of aliphatic hydroxyl groups is 1.